The van der Waals surface area contributed by atoms with Gasteiger partial charge in [0.15, 0.2) is 0 Å². The van der Waals surface area contributed by atoms with Gasteiger partial charge >= 0.3 is 0 Å². The van der Waals surface area contributed by atoms with Crippen molar-refractivity contribution in [1.29, 1.82) is 0 Å². The minimum atomic E-state index is -0.0737. The Morgan fingerprint density at radius 3 is 2.74 bits per heavy atom. The first kappa shape index (κ1) is 14.5. The van der Waals surface area contributed by atoms with Crippen LogP contribution >= 0.6 is 11.6 Å². The van der Waals surface area contributed by atoms with E-state index in [9.17, 15) is 4.79 Å². The van der Waals surface area contributed by atoms with E-state index in [0.29, 0.717) is 5.02 Å². The van der Waals surface area contributed by atoms with Crippen molar-refractivity contribution in [3.8, 4) is 0 Å². The van der Waals surface area contributed by atoms with Crippen LogP contribution in [0.4, 0.5) is 0 Å². The Balaban J connectivity index is 2.07. The number of halogens is 1. The minimum Gasteiger partial charge on any atom is -0.380 e. The molecule has 0 aliphatic carbocycles. The monoisotopic (exact) mass is 281 g/mol. The van der Waals surface area contributed by atoms with Gasteiger partial charge in [0.2, 0.25) is 0 Å². The van der Waals surface area contributed by atoms with Crippen molar-refractivity contribution < 1.29 is 9.53 Å². The average molecular weight is 282 g/mol. The SMILES string of the molecule is CC(=O)C(CN1CCCOCC1)c1ccc(Cl)cc1. The van der Waals surface area contributed by atoms with Gasteiger partial charge in [0.05, 0.1) is 12.5 Å². The van der Waals surface area contributed by atoms with Crippen LogP contribution in [0.5, 0.6) is 0 Å². The molecule has 1 aliphatic heterocycles. The molecule has 3 nitrogen and oxygen atoms in total. The number of nitrogens with zero attached hydrogens (tertiary/aromatic N) is 1. The minimum absolute atomic E-state index is 0.0737. The number of ether oxygens (including phenoxy) is 1. The van der Waals surface area contributed by atoms with E-state index in [0.717, 1.165) is 44.8 Å². The van der Waals surface area contributed by atoms with Gasteiger partial charge in [0, 0.05) is 31.3 Å². The number of ketones is 1. The highest BCUT2D eigenvalue weighted by Crippen LogP contribution is 2.21. The zero-order chi connectivity index (χ0) is 13.7. The summed E-state index contributed by atoms with van der Waals surface area (Å²) in [5, 5.41) is 0.703. The zero-order valence-electron chi connectivity index (χ0n) is 11.3. The molecule has 0 radical (unpaired) electrons. The van der Waals surface area contributed by atoms with Crippen LogP contribution in [0.1, 0.15) is 24.8 Å². The number of Topliss-reactive ketones (excluding diaryl/α,β-unsaturated/α-hetero) is 1. The molecule has 0 amide bonds. The Bertz CT molecular complexity index is 411. The highest BCUT2D eigenvalue weighted by molar-refractivity contribution is 6.30. The molecule has 0 bridgehead atoms. The van der Waals surface area contributed by atoms with Crippen molar-refractivity contribution in [3.05, 3.63) is 34.9 Å². The smallest absolute Gasteiger partial charge is 0.138 e. The molecule has 1 aromatic rings. The van der Waals surface area contributed by atoms with Crippen molar-refractivity contribution >= 4 is 17.4 Å². The predicted molar refractivity (Wildman–Crippen MR) is 76.8 cm³/mol. The lowest BCUT2D eigenvalue weighted by atomic mass is 9.95. The first-order chi connectivity index (χ1) is 9.16. The van der Waals surface area contributed by atoms with Crippen LogP contribution in [0.3, 0.4) is 0 Å². The van der Waals surface area contributed by atoms with E-state index < -0.39 is 0 Å². The van der Waals surface area contributed by atoms with Crippen LogP contribution < -0.4 is 0 Å². The fourth-order valence-corrected chi connectivity index (χ4v) is 2.53. The van der Waals surface area contributed by atoms with Gasteiger partial charge in [-0.05, 0) is 31.0 Å². The van der Waals surface area contributed by atoms with Crippen LogP contribution in [0.25, 0.3) is 0 Å². The summed E-state index contributed by atoms with van der Waals surface area (Å²) in [6.07, 6.45) is 1.03. The molecule has 4 heteroatoms. The maximum Gasteiger partial charge on any atom is 0.138 e. The first-order valence-electron chi connectivity index (χ1n) is 6.73. The second-order valence-corrected chi connectivity index (χ2v) is 5.42. The molecule has 1 atom stereocenters. The third-order valence-electron chi connectivity index (χ3n) is 3.52. The highest BCUT2D eigenvalue weighted by Gasteiger charge is 2.21. The first-order valence-corrected chi connectivity index (χ1v) is 7.10. The average Bonchev–Trinajstić information content (AvgIpc) is 2.65. The predicted octanol–water partition coefficient (Wildman–Crippen LogP) is 2.73. The molecule has 0 aromatic heterocycles. The van der Waals surface area contributed by atoms with E-state index in [-0.39, 0.29) is 11.7 Å². The Morgan fingerprint density at radius 2 is 2.05 bits per heavy atom. The van der Waals surface area contributed by atoms with Crippen LogP contribution in [0.2, 0.25) is 5.02 Å². The summed E-state index contributed by atoms with van der Waals surface area (Å²) < 4.78 is 5.44. The van der Waals surface area contributed by atoms with E-state index >= 15 is 0 Å². The summed E-state index contributed by atoms with van der Waals surface area (Å²) in [5.74, 6) is 0.128. The summed E-state index contributed by atoms with van der Waals surface area (Å²) in [5.41, 5.74) is 1.04. The molecule has 0 saturated carbocycles. The van der Waals surface area contributed by atoms with Crippen molar-refractivity contribution in [2.24, 2.45) is 0 Å². The standard InChI is InChI=1S/C15H20ClNO2/c1-12(18)15(13-3-5-14(16)6-4-13)11-17-7-2-9-19-10-8-17/h3-6,15H,2,7-11H2,1H3. The van der Waals surface area contributed by atoms with Gasteiger partial charge in [-0.2, -0.15) is 0 Å². The number of rotatable bonds is 4. The molecule has 1 fully saturated rings. The van der Waals surface area contributed by atoms with E-state index in [1.54, 1.807) is 6.92 Å². The van der Waals surface area contributed by atoms with Crippen LogP contribution in [0, 0.1) is 0 Å². The summed E-state index contributed by atoms with van der Waals surface area (Å²) in [7, 11) is 0. The van der Waals surface area contributed by atoms with E-state index in [4.69, 9.17) is 16.3 Å². The van der Waals surface area contributed by atoms with Gasteiger partial charge < -0.3 is 4.74 Å². The lowest BCUT2D eigenvalue weighted by Crippen LogP contribution is -2.33. The molecule has 1 saturated heterocycles. The number of hydrogen-bond acceptors (Lipinski definition) is 3. The van der Waals surface area contributed by atoms with Crippen molar-refractivity contribution in [3.63, 3.8) is 0 Å². The molecule has 19 heavy (non-hydrogen) atoms. The van der Waals surface area contributed by atoms with Crippen LogP contribution in [-0.2, 0) is 9.53 Å². The summed E-state index contributed by atoms with van der Waals surface area (Å²) in [6.45, 7) is 5.90. The van der Waals surface area contributed by atoms with Gasteiger partial charge in [-0.15, -0.1) is 0 Å². The second-order valence-electron chi connectivity index (χ2n) is 4.98. The molecule has 1 aliphatic rings. The Morgan fingerprint density at radius 1 is 1.32 bits per heavy atom. The third kappa shape index (κ3) is 4.30. The van der Waals surface area contributed by atoms with E-state index in [1.165, 1.54) is 0 Å². The summed E-state index contributed by atoms with van der Waals surface area (Å²) >= 11 is 5.90. The van der Waals surface area contributed by atoms with Crippen molar-refractivity contribution in [2.45, 2.75) is 19.3 Å². The van der Waals surface area contributed by atoms with E-state index in [1.807, 2.05) is 24.3 Å². The molecule has 1 unspecified atom stereocenters. The Hall–Kier alpha value is -0.900. The summed E-state index contributed by atoms with van der Waals surface area (Å²) in [6, 6.07) is 7.59. The number of benzene rings is 1. The molecule has 0 N–H and O–H groups in total. The summed E-state index contributed by atoms with van der Waals surface area (Å²) in [4.78, 5) is 14.2. The Kier molecular flexibility index (Phi) is 5.37. The normalized spacial score (nSPS) is 18.8. The van der Waals surface area contributed by atoms with Gasteiger partial charge in [0.1, 0.15) is 5.78 Å². The van der Waals surface area contributed by atoms with Gasteiger partial charge in [-0.3, -0.25) is 9.69 Å². The topological polar surface area (TPSA) is 29.5 Å². The lowest BCUT2D eigenvalue weighted by molar-refractivity contribution is -0.118. The quantitative estimate of drug-likeness (QED) is 0.850. The zero-order valence-corrected chi connectivity index (χ0v) is 12.0. The molecule has 1 heterocycles. The van der Waals surface area contributed by atoms with Gasteiger partial charge in [-0.25, -0.2) is 0 Å². The van der Waals surface area contributed by atoms with E-state index in [2.05, 4.69) is 4.90 Å². The van der Waals surface area contributed by atoms with Crippen LogP contribution in [-0.4, -0.2) is 43.5 Å². The number of carbonyl (C=O) groups is 1. The Labute approximate surface area is 119 Å². The maximum absolute atomic E-state index is 11.9. The number of hydrogen-bond donors (Lipinski definition) is 0. The third-order valence-corrected chi connectivity index (χ3v) is 3.77. The fourth-order valence-electron chi connectivity index (χ4n) is 2.40. The molecule has 0 spiro atoms. The van der Waals surface area contributed by atoms with Gasteiger partial charge in [0.25, 0.3) is 0 Å². The largest absolute Gasteiger partial charge is 0.380 e. The fraction of sp³-hybridized carbons (Fsp3) is 0.533. The highest BCUT2D eigenvalue weighted by atomic mass is 35.5. The molecular weight excluding hydrogens is 262 g/mol. The lowest BCUT2D eigenvalue weighted by Gasteiger charge is -2.24. The maximum atomic E-state index is 11.9. The second kappa shape index (κ2) is 7.04. The molecular formula is C15H20ClNO2. The number of carbonyl (C=O) groups excluding carboxylic acids is 1. The van der Waals surface area contributed by atoms with Crippen LogP contribution in [0.15, 0.2) is 24.3 Å². The molecule has 1 aromatic carbocycles. The van der Waals surface area contributed by atoms with Gasteiger partial charge in [-0.1, -0.05) is 23.7 Å². The molecule has 2 rings (SSSR count). The molecule has 104 valence electrons. The van der Waals surface area contributed by atoms with Crippen molar-refractivity contribution in [2.75, 3.05) is 32.8 Å². The van der Waals surface area contributed by atoms with Crippen molar-refractivity contribution in [1.82, 2.24) is 4.90 Å².